The zero-order valence-corrected chi connectivity index (χ0v) is 12.6. The van der Waals surface area contributed by atoms with Crippen molar-refractivity contribution in [3.05, 3.63) is 39.9 Å². The van der Waals surface area contributed by atoms with E-state index < -0.39 is 28.2 Å². The first kappa shape index (κ1) is 15.9. The van der Waals surface area contributed by atoms with Crippen molar-refractivity contribution in [2.24, 2.45) is 11.1 Å². The molecule has 118 valence electrons. The molecule has 1 aliphatic heterocycles. The maximum atomic E-state index is 12.7. The standard InChI is InChI=1S/C15H19N3O4/c1-15(2)8-5-9-17(12(15)13(16)19)14(20)10-6-3-4-7-11(10)18(21)22/h3-4,6-7,12H,5,8-9H2,1-2H3,(H2,16,19)/t12-/m0/s1. The van der Waals surface area contributed by atoms with Gasteiger partial charge >= 0.3 is 0 Å². The summed E-state index contributed by atoms with van der Waals surface area (Å²) in [5.74, 6) is -1.11. The second kappa shape index (κ2) is 5.75. The second-order valence-corrected chi connectivity index (χ2v) is 6.17. The van der Waals surface area contributed by atoms with Crippen molar-refractivity contribution in [2.75, 3.05) is 6.54 Å². The highest BCUT2D eigenvalue weighted by atomic mass is 16.6. The smallest absolute Gasteiger partial charge is 0.282 e. The summed E-state index contributed by atoms with van der Waals surface area (Å²) in [4.78, 5) is 36.4. The molecule has 0 spiro atoms. The lowest BCUT2D eigenvalue weighted by molar-refractivity contribution is -0.385. The Balaban J connectivity index is 2.44. The zero-order chi connectivity index (χ0) is 16.5. The van der Waals surface area contributed by atoms with Crippen molar-refractivity contribution in [3.63, 3.8) is 0 Å². The van der Waals surface area contributed by atoms with Crippen molar-refractivity contribution in [2.45, 2.75) is 32.7 Å². The number of benzene rings is 1. The summed E-state index contributed by atoms with van der Waals surface area (Å²) in [5, 5.41) is 11.1. The van der Waals surface area contributed by atoms with Gasteiger partial charge < -0.3 is 10.6 Å². The number of likely N-dealkylation sites (tertiary alicyclic amines) is 1. The van der Waals surface area contributed by atoms with Gasteiger partial charge in [-0.2, -0.15) is 0 Å². The maximum Gasteiger partial charge on any atom is 0.282 e. The van der Waals surface area contributed by atoms with Gasteiger partial charge in [-0.15, -0.1) is 0 Å². The molecule has 7 nitrogen and oxygen atoms in total. The predicted octanol–water partition coefficient (Wildman–Crippen LogP) is 1.71. The summed E-state index contributed by atoms with van der Waals surface area (Å²) in [6.45, 7) is 4.12. The summed E-state index contributed by atoms with van der Waals surface area (Å²) in [6, 6.07) is 4.98. The summed E-state index contributed by atoms with van der Waals surface area (Å²) in [5.41, 5.74) is 4.74. The SMILES string of the molecule is CC1(C)CCCN(C(=O)c2ccccc2[N+](=O)[O-])[C@H]1C(N)=O. The van der Waals surface area contributed by atoms with Gasteiger partial charge in [0, 0.05) is 12.6 Å². The third kappa shape index (κ3) is 2.79. The van der Waals surface area contributed by atoms with Crippen LogP contribution in [0.5, 0.6) is 0 Å². The van der Waals surface area contributed by atoms with Crippen LogP contribution in [0.1, 0.15) is 37.0 Å². The van der Waals surface area contributed by atoms with Crippen LogP contribution in [-0.2, 0) is 4.79 Å². The quantitative estimate of drug-likeness (QED) is 0.677. The summed E-state index contributed by atoms with van der Waals surface area (Å²) in [6.07, 6.45) is 1.49. The fourth-order valence-electron chi connectivity index (χ4n) is 3.12. The zero-order valence-electron chi connectivity index (χ0n) is 12.6. The molecule has 7 heteroatoms. The monoisotopic (exact) mass is 305 g/mol. The van der Waals surface area contributed by atoms with Crippen LogP contribution in [0.4, 0.5) is 5.69 Å². The number of carbonyl (C=O) groups excluding carboxylic acids is 2. The Kier molecular flexibility index (Phi) is 4.16. The third-order valence-corrected chi connectivity index (χ3v) is 4.13. The minimum Gasteiger partial charge on any atom is -0.368 e. The van der Waals surface area contributed by atoms with Crippen LogP contribution in [0.3, 0.4) is 0 Å². The third-order valence-electron chi connectivity index (χ3n) is 4.13. The van der Waals surface area contributed by atoms with Gasteiger partial charge in [-0.25, -0.2) is 0 Å². The molecule has 2 amide bonds. The number of piperidine rings is 1. The van der Waals surface area contributed by atoms with Gasteiger partial charge in [-0.1, -0.05) is 26.0 Å². The Hall–Kier alpha value is -2.44. The first-order valence-electron chi connectivity index (χ1n) is 7.09. The van der Waals surface area contributed by atoms with E-state index in [1.807, 2.05) is 13.8 Å². The highest BCUT2D eigenvalue weighted by molar-refractivity contribution is 6.00. The minimum absolute atomic E-state index is 0.0172. The highest BCUT2D eigenvalue weighted by Crippen LogP contribution is 2.36. The number of rotatable bonds is 3. The molecule has 1 saturated heterocycles. The molecule has 1 heterocycles. The molecule has 0 saturated carbocycles. The number of amides is 2. The number of hydrogen-bond donors (Lipinski definition) is 1. The lowest BCUT2D eigenvalue weighted by atomic mass is 9.76. The number of nitro benzene ring substituents is 1. The van der Waals surface area contributed by atoms with E-state index in [1.54, 1.807) is 6.07 Å². The number of para-hydroxylation sites is 1. The van der Waals surface area contributed by atoms with Gasteiger partial charge in [0.15, 0.2) is 0 Å². The molecular formula is C15H19N3O4. The number of nitro groups is 1. The van der Waals surface area contributed by atoms with E-state index in [1.165, 1.54) is 23.1 Å². The molecule has 0 unspecified atom stereocenters. The van der Waals surface area contributed by atoms with E-state index in [0.29, 0.717) is 6.54 Å². The van der Waals surface area contributed by atoms with Crippen LogP contribution >= 0.6 is 0 Å². The topological polar surface area (TPSA) is 107 Å². The molecule has 2 N–H and O–H groups in total. The molecule has 22 heavy (non-hydrogen) atoms. The summed E-state index contributed by atoms with van der Waals surface area (Å²) >= 11 is 0. The number of nitrogens with zero attached hydrogens (tertiary/aromatic N) is 2. The Morgan fingerprint density at radius 3 is 2.59 bits per heavy atom. The first-order valence-corrected chi connectivity index (χ1v) is 7.09. The van der Waals surface area contributed by atoms with Gasteiger partial charge in [-0.05, 0) is 24.3 Å². The van der Waals surface area contributed by atoms with E-state index in [2.05, 4.69) is 0 Å². The molecule has 0 bridgehead atoms. The second-order valence-electron chi connectivity index (χ2n) is 6.17. The van der Waals surface area contributed by atoms with Gasteiger partial charge in [0.05, 0.1) is 4.92 Å². The lowest BCUT2D eigenvalue weighted by Crippen LogP contribution is -2.58. The van der Waals surface area contributed by atoms with E-state index in [0.717, 1.165) is 12.8 Å². The normalized spacial score (nSPS) is 20.5. The number of hydrogen-bond acceptors (Lipinski definition) is 4. The van der Waals surface area contributed by atoms with Crippen LogP contribution < -0.4 is 5.73 Å². The lowest BCUT2D eigenvalue weighted by Gasteiger charge is -2.44. The maximum absolute atomic E-state index is 12.7. The van der Waals surface area contributed by atoms with Crippen molar-refractivity contribution in [1.29, 1.82) is 0 Å². The molecule has 0 aromatic heterocycles. The Morgan fingerprint density at radius 2 is 2.00 bits per heavy atom. The van der Waals surface area contributed by atoms with Crippen LogP contribution in [0.2, 0.25) is 0 Å². The van der Waals surface area contributed by atoms with Gasteiger partial charge in [0.1, 0.15) is 11.6 Å². The predicted molar refractivity (Wildman–Crippen MR) is 80.1 cm³/mol. The fourth-order valence-corrected chi connectivity index (χ4v) is 3.12. The van der Waals surface area contributed by atoms with Crippen LogP contribution in [-0.4, -0.2) is 34.2 Å². The molecular weight excluding hydrogens is 286 g/mol. The number of carbonyl (C=O) groups is 2. The van der Waals surface area contributed by atoms with Crippen LogP contribution in [0.25, 0.3) is 0 Å². The molecule has 0 radical (unpaired) electrons. The molecule has 1 aliphatic rings. The van der Waals surface area contributed by atoms with Crippen molar-refractivity contribution >= 4 is 17.5 Å². The van der Waals surface area contributed by atoms with Crippen molar-refractivity contribution in [1.82, 2.24) is 4.90 Å². The molecule has 2 rings (SSSR count). The molecule has 1 aromatic carbocycles. The van der Waals surface area contributed by atoms with Crippen LogP contribution in [0.15, 0.2) is 24.3 Å². The molecule has 0 aliphatic carbocycles. The average Bonchev–Trinajstić information content (AvgIpc) is 2.44. The van der Waals surface area contributed by atoms with Gasteiger partial charge in [-0.3, -0.25) is 19.7 Å². The van der Waals surface area contributed by atoms with E-state index >= 15 is 0 Å². The number of primary amides is 1. The summed E-state index contributed by atoms with van der Waals surface area (Å²) < 4.78 is 0. The Labute approximate surface area is 128 Å². The largest absolute Gasteiger partial charge is 0.368 e. The minimum atomic E-state index is -0.770. The first-order chi connectivity index (χ1) is 10.3. The average molecular weight is 305 g/mol. The Bertz CT molecular complexity index is 627. The van der Waals surface area contributed by atoms with Crippen LogP contribution in [0, 0.1) is 15.5 Å². The molecule has 1 aromatic rings. The van der Waals surface area contributed by atoms with E-state index in [9.17, 15) is 19.7 Å². The fraction of sp³-hybridized carbons (Fsp3) is 0.467. The van der Waals surface area contributed by atoms with Gasteiger partial charge in [0.2, 0.25) is 5.91 Å². The van der Waals surface area contributed by atoms with E-state index in [-0.39, 0.29) is 11.3 Å². The van der Waals surface area contributed by atoms with Gasteiger partial charge in [0.25, 0.3) is 11.6 Å². The molecule has 1 atom stereocenters. The van der Waals surface area contributed by atoms with E-state index in [4.69, 9.17) is 5.73 Å². The highest BCUT2D eigenvalue weighted by Gasteiger charge is 2.44. The van der Waals surface area contributed by atoms with Crippen molar-refractivity contribution in [3.8, 4) is 0 Å². The number of nitrogens with two attached hydrogens (primary N) is 1. The summed E-state index contributed by atoms with van der Waals surface area (Å²) in [7, 11) is 0. The van der Waals surface area contributed by atoms with Crippen molar-refractivity contribution < 1.29 is 14.5 Å². The molecule has 1 fully saturated rings. The Morgan fingerprint density at radius 1 is 1.36 bits per heavy atom.